The van der Waals surface area contributed by atoms with Crippen molar-refractivity contribution in [1.29, 1.82) is 0 Å². The van der Waals surface area contributed by atoms with Crippen LogP contribution in [0.5, 0.6) is 0 Å². The van der Waals surface area contributed by atoms with Crippen molar-refractivity contribution < 1.29 is 4.74 Å². The van der Waals surface area contributed by atoms with Crippen molar-refractivity contribution in [2.75, 3.05) is 7.11 Å². The van der Waals surface area contributed by atoms with Gasteiger partial charge in [-0.15, -0.1) is 0 Å². The summed E-state index contributed by atoms with van der Waals surface area (Å²) in [7, 11) is 1.63. The maximum atomic E-state index is 5.86. The molecule has 0 rings (SSSR count). The zero-order valence-corrected chi connectivity index (χ0v) is 8.74. The van der Waals surface area contributed by atoms with Crippen molar-refractivity contribution in [3.8, 4) is 0 Å². The predicted molar refractivity (Wildman–Crippen MR) is 50.1 cm³/mol. The molecule has 67 valence electrons. The highest BCUT2D eigenvalue weighted by Gasteiger charge is 2.28. The van der Waals surface area contributed by atoms with Crippen LogP contribution in [0.4, 0.5) is 0 Å². The highest BCUT2D eigenvalue weighted by Crippen LogP contribution is 2.29. The molecule has 0 aliphatic rings. The molecule has 0 fully saturated rings. The van der Waals surface area contributed by atoms with E-state index in [9.17, 15) is 0 Å². The monoisotopic (exact) mass is 197 g/mol. The van der Waals surface area contributed by atoms with Crippen LogP contribution in [0.3, 0.4) is 0 Å². The molecule has 1 radical (unpaired) electrons. The number of ether oxygens (including phenoxy) is 1. The van der Waals surface area contributed by atoms with Crippen molar-refractivity contribution >= 4 is 23.2 Å². The van der Waals surface area contributed by atoms with Gasteiger partial charge in [0.15, 0.2) is 0 Å². The van der Waals surface area contributed by atoms with Gasteiger partial charge in [0.25, 0.3) is 0 Å². The third-order valence-corrected chi connectivity index (χ3v) is 2.05. The zero-order chi connectivity index (χ0) is 8.91. The molecule has 0 saturated heterocycles. The van der Waals surface area contributed by atoms with Crippen LogP contribution in [0.2, 0.25) is 0 Å². The number of hydrogen-bond donors (Lipinski definition) is 0. The number of rotatable bonds is 5. The van der Waals surface area contributed by atoms with E-state index in [1.807, 2.05) is 6.92 Å². The molecular weight excluding hydrogens is 183 g/mol. The number of methoxy groups -OCH3 is 1. The zero-order valence-electron chi connectivity index (χ0n) is 7.23. The molecule has 1 nitrogen and oxygen atoms in total. The first kappa shape index (κ1) is 11.5. The molecule has 0 heterocycles. The summed E-state index contributed by atoms with van der Waals surface area (Å²) < 4.78 is 4.35. The Bertz CT molecular complexity index is 98.8. The van der Waals surface area contributed by atoms with Gasteiger partial charge in [-0.3, -0.25) is 0 Å². The molecule has 0 aromatic rings. The van der Waals surface area contributed by atoms with Gasteiger partial charge in [-0.25, -0.2) is 0 Å². The van der Waals surface area contributed by atoms with Crippen LogP contribution in [0.15, 0.2) is 0 Å². The third-order valence-electron chi connectivity index (χ3n) is 1.57. The molecule has 0 spiro atoms. The number of alkyl halides is 2. The Labute approximate surface area is 79.0 Å². The van der Waals surface area contributed by atoms with Crippen LogP contribution in [-0.2, 0) is 4.74 Å². The molecule has 0 aliphatic heterocycles. The highest BCUT2D eigenvalue weighted by molar-refractivity contribution is 6.48. The quantitative estimate of drug-likeness (QED) is 0.616. The molecule has 0 bridgehead atoms. The molecule has 1 unspecified atom stereocenters. The summed E-state index contributed by atoms with van der Waals surface area (Å²) in [6.07, 6.45) is 3.84. The lowest BCUT2D eigenvalue weighted by Gasteiger charge is -2.24. The molecule has 1 atom stereocenters. The van der Waals surface area contributed by atoms with E-state index in [0.717, 1.165) is 12.8 Å². The first-order chi connectivity index (χ1) is 5.02. The second-order valence-electron chi connectivity index (χ2n) is 2.67. The molecule has 0 aliphatic carbocycles. The van der Waals surface area contributed by atoms with E-state index in [1.54, 1.807) is 14.0 Å². The molecule has 3 heteroatoms. The molecule has 0 amide bonds. The Morgan fingerprint density at radius 3 is 2.36 bits per heavy atom. The maximum Gasteiger partial charge on any atom is 0.141 e. The van der Waals surface area contributed by atoms with Gasteiger partial charge in [0.2, 0.25) is 0 Å². The third kappa shape index (κ3) is 4.89. The van der Waals surface area contributed by atoms with Crippen LogP contribution in [0.1, 0.15) is 26.7 Å². The molecule has 0 saturated carbocycles. The van der Waals surface area contributed by atoms with Crippen molar-refractivity contribution in [3.05, 3.63) is 6.42 Å². The fourth-order valence-electron chi connectivity index (χ4n) is 0.896. The van der Waals surface area contributed by atoms with E-state index in [2.05, 4.69) is 6.42 Å². The summed E-state index contributed by atoms with van der Waals surface area (Å²) in [5, 5.41) is 0. The summed E-state index contributed by atoms with van der Waals surface area (Å²) in [5.41, 5.74) is 0. The van der Waals surface area contributed by atoms with Crippen LogP contribution < -0.4 is 0 Å². The van der Waals surface area contributed by atoms with E-state index < -0.39 is 4.33 Å². The number of unbranched alkanes of at least 4 members (excludes halogenated alkanes) is 1. The van der Waals surface area contributed by atoms with Crippen molar-refractivity contribution in [2.24, 2.45) is 0 Å². The van der Waals surface area contributed by atoms with Crippen LogP contribution in [-0.4, -0.2) is 17.5 Å². The Kier molecular flexibility index (Phi) is 5.49. The molecule has 0 aromatic carbocycles. The fraction of sp³-hybridized carbons (Fsp3) is 0.875. The predicted octanol–water partition coefficient (Wildman–Crippen LogP) is 3.20. The Morgan fingerprint density at radius 2 is 2.09 bits per heavy atom. The first-order valence-electron chi connectivity index (χ1n) is 3.70. The lowest BCUT2D eigenvalue weighted by molar-refractivity contribution is 0.0854. The fourth-order valence-corrected chi connectivity index (χ4v) is 1.29. The van der Waals surface area contributed by atoms with Crippen molar-refractivity contribution in [3.63, 3.8) is 0 Å². The summed E-state index contributed by atoms with van der Waals surface area (Å²) in [5.74, 6) is 0. The second-order valence-corrected chi connectivity index (χ2v) is 4.43. The van der Waals surface area contributed by atoms with Gasteiger partial charge >= 0.3 is 0 Å². The van der Waals surface area contributed by atoms with Gasteiger partial charge in [-0.2, -0.15) is 0 Å². The van der Waals surface area contributed by atoms with Gasteiger partial charge in [0.1, 0.15) is 4.33 Å². The SMILES string of the molecule is C[CH]CCC(OC)C(C)(Cl)Cl. The van der Waals surface area contributed by atoms with Gasteiger partial charge < -0.3 is 4.74 Å². The van der Waals surface area contributed by atoms with Crippen LogP contribution in [0, 0.1) is 6.42 Å². The van der Waals surface area contributed by atoms with E-state index in [4.69, 9.17) is 27.9 Å². The Hall–Kier alpha value is 0.540. The van der Waals surface area contributed by atoms with Crippen molar-refractivity contribution in [2.45, 2.75) is 37.1 Å². The van der Waals surface area contributed by atoms with Crippen LogP contribution >= 0.6 is 23.2 Å². The van der Waals surface area contributed by atoms with Crippen molar-refractivity contribution in [1.82, 2.24) is 0 Å². The summed E-state index contributed by atoms with van der Waals surface area (Å²) in [4.78, 5) is 0. The standard InChI is InChI=1S/C8H15Cl2O/c1-4-5-6-7(11-3)8(2,9)10/h4,7H,5-6H2,1-3H3. The second kappa shape index (κ2) is 5.23. The van der Waals surface area contributed by atoms with Gasteiger partial charge in [0, 0.05) is 7.11 Å². The number of hydrogen-bond acceptors (Lipinski definition) is 1. The maximum absolute atomic E-state index is 5.86. The lowest BCUT2D eigenvalue weighted by Crippen LogP contribution is -2.29. The molecular formula is C8H15Cl2O. The summed E-state index contributed by atoms with van der Waals surface area (Å²) in [6, 6.07) is 0. The van der Waals surface area contributed by atoms with Gasteiger partial charge in [0.05, 0.1) is 6.10 Å². The van der Waals surface area contributed by atoms with E-state index in [1.165, 1.54) is 0 Å². The van der Waals surface area contributed by atoms with Gasteiger partial charge in [-0.1, -0.05) is 30.1 Å². The minimum Gasteiger partial charge on any atom is -0.378 e. The largest absolute Gasteiger partial charge is 0.378 e. The number of halogens is 2. The molecule has 11 heavy (non-hydrogen) atoms. The van der Waals surface area contributed by atoms with E-state index in [0.29, 0.717) is 0 Å². The summed E-state index contributed by atoms with van der Waals surface area (Å²) in [6.45, 7) is 3.76. The first-order valence-corrected chi connectivity index (χ1v) is 4.46. The minimum atomic E-state index is -0.780. The average Bonchev–Trinajstić information content (AvgIpc) is 1.87. The Balaban J connectivity index is 3.76. The summed E-state index contributed by atoms with van der Waals surface area (Å²) >= 11 is 11.7. The van der Waals surface area contributed by atoms with Gasteiger partial charge in [-0.05, 0) is 26.2 Å². The minimum absolute atomic E-state index is 0.0815. The topological polar surface area (TPSA) is 9.23 Å². The lowest BCUT2D eigenvalue weighted by atomic mass is 10.1. The van der Waals surface area contributed by atoms with Crippen LogP contribution in [0.25, 0.3) is 0 Å². The molecule has 0 aromatic heterocycles. The normalized spacial score (nSPS) is 15.0. The highest BCUT2D eigenvalue weighted by atomic mass is 35.5. The van der Waals surface area contributed by atoms with E-state index in [-0.39, 0.29) is 6.10 Å². The molecule has 0 N–H and O–H groups in total. The Morgan fingerprint density at radius 1 is 1.55 bits per heavy atom. The average molecular weight is 198 g/mol. The van der Waals surface area contributed by atoms with E-state index >= 15 is 0 Å². The smallest absolute Gasteiger partial charge is 0.141 e.